The van der Waals surface area contributed by atoms with E-state index in [1.165, 1.54) is 19.3 Å². The molecule has 0 unspecified atom stereocenters. The minimum atomic E-state index is -0.932. The van der Waals surface area contributed by atoms with Crippen molar-refractivity contribution in [3.8, 4) is 0 Å². The predicted octanol–water partition coefficient (Wildman–Crippen LogP) is 3.97. The Balaban J connectivity index is 1.71. The summed E-state index contributed by atoms with van der Waals surface area (Å²) in [5.74, 6) is 0.411. The number of anilines is 3. The first-order chi connectivity index (χ1) is 11.6. The number of carboxylic acids is 1. The van der Waals surface area contributed by atoms with E-state index in [1.54, 1.807) is 24.3 Å². The highest BCUT2D eigenvalue weighted by Crippen LogP contribution is 2.22. The van der Waals surface area contributed by atoms with Crippen LogP contribution in [0.3, 0.4) is 0 Å². The van der Waals surface area contributed by atoms with Crippen molar-refractivity contribution in [2.75, 3.05) is 10.6 Å². The van der Waals surface area contributed by atoms with Crippen LogP contribution in [0, 0.1) is 6.92 Å². The summed E-state index contributed by atoms with van der Waals surface area (Å²) in [5.41, 5.74) is 1.94. The summed E-state index contributed by atoms with van der Waals surface area (Å²) in [5, 5.41) is 15.6. The molecule has 1 aliphatic rings. The molecule has 0 bridgehead atoms. The van der Waals surface area contributed by atoms with E-state index in [1.807, 2.05) is 13.0 Å². The number of hydrogen-bond acceptors (Lipinski definition) is 5. The van der Waals surface area contributed by atoms with Gasteiger partial charge in [0.05, 0.1) is 5.56 Å². The number of carboxylic acid groups (broad SMARTS) is 1. The first-order valence-corrected chi connectivity index (χ1v) is 8.33. The van der Waals surface area contributed by atoms with Crippen LogP contribution in [-0.4, -0.2) is 27.1 Å². The molecule has 126 valence electrons. The average molecular weight is 326 g/mol. The van der Waals surface area contributed by atoms with Crippen LogP contribution in [0.1, 0.15) is 48.2 Å². The van der Waals surface area contributed by atoms with Crippen molar-refractivity contribution in [3.05, 3.63) is 41.6 Å². The second-order valence-corrected chi connectivity index (χ2v) is 6.20. The average Bonchev–Trinajstić information content (AvgIpc) is 2.55. The van der Waals surface area contributed by atoms with Gasteiger partial charge in [0.15, 0.2) is 0 Å². The van der Waals surface area contributed by atoms with Crippen LogP contribution >= 0.6 is 0 Å². The van der Waals surface area contributed by atoms with Gasteiger partial charge < -0.3 is 15.7 Å². The van der Waals surface area contributed by atoms with Crippen molar-refractivity contribution >= 4 is 23.4 Å². The molecule has 0 amide bonds. The Morgan fingerprint density at radius 2 is 1.83 bits per heavy atom. The van der Waals surface area contributed by atoms with E-state index in [4.69, 9.17) is 5.11 Å². The fraction of sp³-hybridized carbons (Fsp3) is 0.389. The van der Waals surface area contributed by atoms with E-state index in [2.05, 4.69) is 20.6 Å². The first kappa shape index (κ1) is 16.2. The van der Waals surface area contributed by atoms with Crippen LogP contribution in [-0.2, 0) is 0 Å². The topological polar surface area (TPSA) is 87.1 Å². The number of benzene rings is 1. The molecule has 0 radical (unpaired) electrons. The van der Waals surface area contributed by atoms with Gasteiger partial charge in [-0.3, -0.25) is 0 Å². The second-order valence-electron chi connectivity index (χ2n) is 6.20. The van der Waals surface area contributed by atoms with Gasteiger partial charge in [0.25, 0.3) is 0 Å². The maximum Gasteiger partial charge on any atom is 0.335 e. The van der Waals surface area contributed by atoms with Crippen LogP contribution in [0.15, 0.2) is 30.3 Å². The summed E-state index contributed by atoms with van der Waals surface area (Å²) in [7, 11) is 0. The lowest BCUT2D eigenvalue weighted by atomic mass is 9.96. The van der Waals surface area contributed by atoms with Crippen molar-refractivity contribution in [1.29, 1.82) is 0 Å². The van der Waals surface area contributed by atoms with Crippen molar-refractivity contribution in [1.82, 2.24) is 9.97 Å². The Hall–Kier alpha value is -2.63. The summed E-state index contributed by atoms with van der Waals surface area (Å²) < 4.78 is 0. The fourth-order valence-corrected chi connectivity index (χ4v) is 2.97. The van der Waals surface area contributed by atoms with Crippen LogP contribution in [0.2, 0.25) is 0 Å². The molecule has 1 saturated carbocycles. The van der Waals surface area contributed by atoms with Gasteiger partial charge in [-0.2, -0.15) is 4.98 Å². The van der Waals surface area contributed by atoms with Gasteiger partial charge in [0, 0.05) is 23.5 Å². The molecule has 24 heavy (non-hydrogen) atoms. The number of rotatable bonds is 5. The number of aromatic carboxylic acids is 1. The third kappa shape index (κ3) is 4.22. The molecule has 1 aliphatic carbocycles. The van der Waals surface area contributed by atoms with Crippen molar-refractivity contribution in [2.45, 2.75) is 45.1 Å². The smallest absolute Gasteiger partial charge is 0.335 e. The number of hydrogen-bond donors (Lipinski definition) is 3. The lowest BCUT2D eigenvalue weighted by Crippen LogP contribution is -2.23. The number of carbonyl (C=O) groups is 1. The van der Waals surface area contributed by atoms with Gasteiger partial charge in [0.1, 0.15) is 5.82 Å². The van der Waals surface area contributed by atoms with Crippen LogP contribution in [0.4, 0.5) is 17.5 Å². The molecular formula is C18H22N4O2. The van der Waals surface area contributed by atoms with Gasteiger partial charge in [-0.25, -0.2) is 9.78 Å². The maximum absolute atomic E-state index is 10.9. The maximum atomic E-state index is 10.9. The number of aryl methyl sites for hydroxylation is 1. The Morgan fingerprint density at radius 1 is 1.12 bits per heavy atom. The molecule has 3 N–H and O–H groups in total. The van der Waals surface area contributed by atoms with Gasteiger partial charge in [-0.1, -0.05) is 19.3 Å². The van der Waals surface area contributed by atoms with Crippen LogP contribution < -0.4 is 10.6 Å². The lowest BCUT2D eigenvalue weighted by Gasteiger charge is -2.23. The Morgan fingerprint density at radius 3 is 2.50 bits per heavy atom. The monoisotopic (exact) mass is 326 g/mol. The molecule has 1 heterocycles. The highest BCUT2D eigenvalue weighted by molar-refractivity contribution is 5.88. The van der Waals surface area contributed by atoms with Crippen LogP contribution in [0.25, 0.3) is 0 Å². The molecular weight excluding hydrogens is 304 g/mol. The molecule has 1 fully saturated rings. The molecule has 0 aliphatic heterocycles. The Bertz CT molecular complexity index is 709. The summed E-state index contributed by atoms with van der Waals surface area (Å²) in [6, 6.07) is 8.92. The van der Waals surface area contributed by atoms with E-state index in [0.29, 0.717) is 17.8 Å². The van der Waals surface area contributed by atoms with Crippen molar-refractivity contribution in [3.63, 3.8) is 0 Å². The minimum Gasteiger partial charge on any atom is -0.478 e. The van der Waals surface area contributed by atoms with E-state index < -0.39 is 5.97 Å². The predicted molar refractivity (Wildman–Crippen MR) is 93.9 cm³/mol. The van der Waals surface area contributed by atoms with Crippen molar-refractivity contribution in [2.24, 2.45) is 0 Å². The van der Waals surface area contributed by atoms with Crippen LogP contribution in [0.5, 0.6) is 0 Å². The zero-order valence-corrected chi connectivity index (χ0v) is 13.7. The normalized spacial score (nSPS) is 15.0. The second kappa shape index (κ2) is 7.29. The standard InChI is InChI=1S/C18H22N4O2/c1-12-11-16(20-15-9-7-13(8-10-15)17(23)24)22-18(19-12)21-14-5-3-2-4-6-14/h7-11,14H,2-6H2,1H3,(H,23,24)(H2,19,20,21,22). The molecule has 0 spiro atoms. The summed E-state index contributed by atoms with van der Waals surface area (Å²) in [6.45, 7) is 1.94. The molecule has 0 atom stereocenters. The molecule has 1 aromatic heterocycles. The summed E-state index contributed by atoms with van der Waals surface area (Å²) in [6.07, 6.45) is 6.15. The number of nitrogens with one attached hydrogen (secondary N) is 2. The highest BCUT2D eigenvalue weighted by Gasteiger charge is 2.14. The zero-order valence-electron chi connectivity index (χ0n) is 13.7. The molecule has 3 rings (SSSR count). The van der Waals surface area contributed by atoms with Gasteiger partial charge >= 0.3 is 5.97 Å². The van der Waals surface area contributed by atoms with Gasteiger partial charge in [-0.05, 0) is 44.0 Å². The number of aromatic nitrogens is 2. The minimum absolute atomic E-state index is 0.263. The largest absolute Gasteiger partial charge is 0.478 e. The summed E-state index contributed by atoms with van der Waals surface area (Å²) in [4.78, 5) is 19.9. The quantitative estimate of drug-likeness (QED) is 0.770. The van der Waals surface area contributed by atoms with E-state index in [9.17, 15) is 4.79 Å². The Labute approximate surface area is 141 Å². The summed E-state index contributed by atoms with van der Waals surface area (Å²) >= 11 is 0. The first-order valence-electron chi connectivity index (χ1n) is 8.33. The highest BCUT2D eigenvalue weighted by atomic mass is 16.4. The Kier molecular flexibility index (Phi) is 4.93. The van der Waals surface area contributed by atoms with E-state index in [0.717, 1.165) is 24.2 Å². The zero-order chi connectivity index (χ0) is 16.9. The third-order valence-electron chi connectivity index (χ3n) is 4.20. The van der Waals surface area contributed by atoms with Gasteiger partial charge in [0.2, 0.25) is 5.95 Å². The third-order valence-corrected chi connectivity index (χ3v) is 4.20. The van der Waals surface area contributed by atoms with Gasteiger partial charge in [-0.15, -0.1) is 0 Å². The van der Waals surface area contributed by atoms with E-state index >= 15 is 0 Å². The lowest BCUT2D eigenvalue weighted by molar-refractivity contribution is 0.0697. The molecule has 0 saturated heterocycles. The molecule has 6 heteroatoms. The van der Waals surface area contributed by atoms with E-state index in [-0.39, 0.29) is 5.56 Å². The molecule has 2 aromatic rings. The number of nitrogens with zero attached hydrogens (tertiary/aromatic N) is 2. The molecule has 1 aromatic carbocycles. The SMILES string of the molecule is Cc1cc(Nc2ccc(C(=O)O)cc2)nc(NC2CCCCC2)n1. The van der Waals surface area contributed by atoms with Crippen molar-refractivity contribution < 1.29 is 9.90 Å². The fourth-order valence-electron chi connectivity index (χ4n) is 2.97. The molecule has 6 nitrogen and oxygen atoms in total.